The Kier molecular flexibility index (Phi) is 6.41. The monoisotopic (exact) mass is 233 g/mol. The number of ether oxygens (including phenoxy) is 1. The van der Waals surface area contributed by atoms with Gasteiger partial charge in [0.05, 0.1) is 6.61 Å². The van der Waals surface area contributed by atoms with Crippen molar-refractivity contribution in [2.45, 2.75) is 32.2 Å². The summed E-state index contributed by atoms with van der Waals surface area (Å²) >= 11 is 0. The van der Waals surface area contributed by atoms with Crippen LogP contribution in [0.5, 0.6) is 5.75 Å². The molecule has 0 radical (unpaired) electrons. The van der Waals surface area contributed by atoms with Gasteiger partial charge in [0.15, 0.2) is 0 Å². The normalized spacial score (nSPS) is 12.1. The SMILES string of the molecule is C=CCCC(CCOc1cccc(C)c1)NC. The third-order valence-electron chi connectivity index (χ3n) is 2.85. The molecule has 2 heteroatoms. The standard InChI is InChI=1S/C15H23NO/c1-4-5-8-14(16-3)10-11-17-15-9-6-7-13(2)12-15/h4,6-7,9,12,14,16H,1,5,8,10-11H2,2-3H3. The van der Waals surface area contributed by atoms with Gasteiger partial charge < -0.3 is 10.1 Å². The van der Waals surface area contributed by atoms with Gasteiger partial charge in [-0.1, -0.05) is 18.2 Å². The summed E-state index contributed by atoms with van der Waals surface area (Å²) < 4.78 is 5.73. The van der Waals surface area contributed by atoms with Crippen molar-refractivity contribution in [2.24, 2.45) is 0 Å². The molecule has 1 aromatic rings. The lowest BCUT2D eigenvalue weighted by molar-refractivity contribution is 0.285. The van der Waals surface area contributed by atoms with E-state index in [1.165, 1.54) is 5.56 Å². The van der Waals surface area contributed by atoms with Gasteiger partial charge in [0.1, 0.15) is 5.75 Å². The molecule has 1 rings (SSSR count). The van der Waals surface area contributed by atoms with E-state index in [0.717, 1.165) is 31.6 Å². The second-order valence-corrected chi connectivity index (χ2v) is 4.31. The van der Waals surface area contributed by atoms with E-state index in [0.29, 0.717) is 6.04 Å². The maximum atomic E-state index is 5.73. The second kappa shape index (κ2) is 7.91. The Morgan fingerprint density at radius 2 is 2.24 bits per heavy atom. The fourth-order valence-corrected chi connectivity index (χ4v) is 1.78. The maximum Gasteiger partial charge on any atom is 0.119 e. The van der Waals surface area contributed by atoms with Gasteiger partial charge in [-0.3, -0.25) is 0 Å². The fraction of sp³-hybridized carbons (Fsp3) is 0.467. The minimum atomic E-state index is 0.512. The maximum absolute atomic E-state index is 5.73. The van der Waals surface area contributed by atoms with E-state index in [1.807, 2.05) is 25.3 Å². The quantitative estimate of drug-likeness (QED) is 0.695. The lowest BCUT2D eigenvalue weighted by atomic mass is 10.1. The number of aryl methyl sites for hydroxylation is 1. The number of rotatable bonds is 8. The van der Waals surface area contributed by atoms with Crippen LogP contribution in [-0.4, -0.2) is 19.7 Å². The summed E-state index contributed by atoms with van der Waals surface area (Å²) in [5.41, 5.74) is 1.24. The molecule has 2 nitrogen and oxygen atoms in total. The second-order valence-electron chi connectivity index (χ2n) is 4.31. The van der Waals surface area contributed by atoms with Crippen molar-refractivity contribution < 1.29 is 4.74 Å². The van der Waals surface area contributed by atoms with Gasteiger partial charge in [-0.15, -0.1) is 6.58 Å². The van der Waals surface area contributed by atoms with Crippen LogP contribution >= 0.6 is 0 Å². The molecule has 1 unspecified atom stereocenters. The summed E-state index contributed by atoms with van der Waals surface area (Å²) in [4.78, 5) is 0. The van der Waals surface area contributed by atoms with E-state index < -0.39 is 0 Å². The highest BCUT2D eigenvalue weighted by Crippen LogP contribution is 2.13. The number of hydrogen-bond donors (Lipinski definition) is 1. The molecule has 1 atom stereocenters. The molecule has 17 heavy (non-hydrogen) atoms. The van der Waals surface area contributed by atoms with Gasteiger partial charge in [0, 0.05) is 6.04 Å². The van der Waals surface area contributed by atoms with Crippen LogP contribution < -0.4 is 10.1 Å². The molecule has 0 spiro atoms. The molecule has 94 valence electrons. The van der Waals surface area contributed by atoms with Crippen molar-refractivity contribution in [1.29, 1.82) is 0 Å². The molecule has 0 aromatic heterocycles. The molecule has 1 aromatic carbocycles. The van der Waals surface area contributed by atoms with Crippen LogP contribution in [0.25, 0.3) is 0 Å². The first kappa shape index (κ1) is 13.8. The zero-order valence-electron chi connectivity index (χ0n) is 10.9. The first-order valence-corrected chi connectivity index (χ1v) is 6.24. The number of benzene rings is 1. The van der Waals surface area contributed by atoms with E-state index in [2.05, 4.69) is 31.0 Å². The average molecular weight is 233 g/mol. The van der Waals surface area contributed by atoms with Crippen LogP contribution in [0.15, 0.2) is 36.9 Å². The first-order valence-electron chi connectivity index (χ1n) is 6.24. The number of hydrogen-bond acceptors (Lipinski definition) is 2. The van der Waals surface area contributed by atoms with Crippen molar-refractivity contribution in [3.05, 3.63) is 42.5 Å². The van der Waals surface area contributed by atoms with Crippen LogP contribution in [0.2, 0.25) is 0 Å². The summed E-state index contributed by atoms with van der Waals surface area (Å²) in [6.07, 6.45) is 5.16. The summed E-state index contributed by atoms with van der Waals surface area (Å²) in [7, 11) is 2.00. The lowest BCUT2D eigenvalue weighted by Crippen LogP contribution is -2.27. The zero-order valence-corrected chi connectivity index (χ0v) is 10.9. The Hall–Kier alpha value is -1.28. The minimum absolute atomic E-state index is 0.512. The third-order valence-corrected chi connectivity index (χ3v) is 2.85. The van der Waals surface area contributed by atoms with Gasteiger partial charge in [-0.2, -0.15) is 0 Å². The smallest absolute Gasteiger partial charge is 0.119 e. The molecule has 0 amide bonds. The highest BCUT2D eigenvalue weighted by Gasteiger charge is 2.04. The van der Waals surface area contributed by atoms with E-state index in [1.54, 1.807) is 0 Å². The van der Waals surface area contributed by atoms with Crippen molar-refractivity contribution in [3.63, 3.8) is 0 Å². The molecule has 0 saturated heterocycles. The minimum Gasteiger partial charge on any atom is -0.494 e. The van der Waals surface area contributed by atoms with E-state index >= 15 is 0 Å². The van der Waals surface area contributed by atoms with Crippen LogP contribution in [0.4, 0.5) is 0 Å². The van der Waals surface area contributed by atoms with Crippen LogP contribution in [-0.2, 0) is 0 Å². The number of allylic oxidation sites excluding steroid dienone is 1. The lowest BCUT2D eigenvalue weighted by Gasteiger charge is -2.15. The Labute approximate surface area is 105 Å². The topological polar surface area (TPSA) is 21.3 Å². The van der Waals surface area contributed by atoms with E-state index in [9.17, 15) is 0 Å². The van der Waals surface area contributed by atoms with Crippen LogP contribution in [0.3, 0.4) is 0 Å². The van der Waals surface area contributed by atoms with Gasteiger partial charge >= 0.3 is 0 Å². The Morgan fingerprint density at radius 3 is 2.88 bits per heavy atom. The van der Waals surface area contributed by atoms with Crippen molar-refractivity contribution >= 4 is 0 Å². The molecule has 0 aliphatic heterocycles. The van der Waals surface area contributed by atoms with Gasteiger partial charge in [0.25, 0.3) is 0 Å². The predicted molar refractivity (Wildman–Crippen MR) is 73.6 cm³/mol. The summed E-state index contributed by atoms with van der Waals surface area (Å²) in [5, 5.41) is 3.31. The molecule has 0 bridgehead atoms. The van der Waals surface area contributed by atoms with Gasteiger partial charge in [-0.25, -0.2) is 0 Å². The third kappa shape index (κ3) is 5.55. The Bertz CT molecular complexity index is 335. The van der Waals surface area contributed by atoms with Gasteiger partial charge in [-0.05, 0) is 50.9 Å². The largest absolute Gasteiger partial charge is 0.494 e. The van der Waals surface area contributed by atoms with E-state index in [-0.39, 0.29) is 0 Å². The highest BCUT2D eigenvalue weighted by molar-refractivity contribution is 5.27. The van der Waals surface area contributed by atoms with Gasteiger partial charge in [0.2, 0.25) is 0 Å². The highest BCUT2D eigenvalue weighted by atomic mass is 16.5. The van der Waals surface area contributed by atoms with Crippen molar-refractivity contribution in [1.82, 2.24) is 5.32 Å². The molecule has 0 fully saturated rings. The summed E-state index contributed by atoms with van der Waals surface area (Å²) in [6, 6.07) is 8.69. The molecule has 0 aliphatic rings. The molecule has 0 saturated carbocycles. The molecule has 0 aliphatic carbocycles. The Balaban J connectivity index is 2.28. The first-order chi connectivity index (χ1) is 8.26. The molecule has 0 heterocycles. The fourth-order valence-electron chi connectivity index (χ4n) is 1.78. The van der Waals surface area contributed by atoms with Crippen molar-refractivity contribution in [3.8, 4) is 5.75 Å². The summed E-state index contributed by atoms with van der Waals surface area (Å²) in [6.45, 7) is 6.58. The zero-order chi connectivity index (χ0) is 12.5. The van der Waals surface area contributed by atoms with Crippen molar-refractivity contribution in [2.75, 3.05) is 13.7 Å². The molecular formula is C15H23NO. The van der Waals surface area contributed by atoms with Crippen LogP contribution in [0, 0.1) is 6.92 Å². The molecule has 1 N–H and O–H groups in total. The summed E-state index contributed by atoms with van der Waals surface area (Å²) in [5.74, 6) is 0.962. The van der Waals surface area contributed by atoms with E-state index in [4.69, 9.17) is 4.74 Å². The van der Waals surface area contributed by atoms with Crippen LogP contribution in [0.1, 0.15) is 24.8 Å². The molecular weight excluding hydrogens is 210 g/mol. The predicted octanol–water partition coefficient (Wildman–Crippen LogP) is 3.32. The Morgan fingerprint density at radius 1 is 1.41 bits per heavy atom. The average Bonchev–Trinajstić information content (AvgIpc) is 2.33. The number of nitrogens with one attached hydrogen (secondary N) is 1.